The zero-order valence-electron chi connectivity index (χ0n) is 12.3. The van der Waals surface area contributed by atoms with Crippen LogP contribution in [0.15, 0.2) is 18.2 Å². The normalized spacial score (nSPS) is 19.0. The number of piperidine rings is 1. The molecule has 1 aromatic rings. The average molecular weight is 311 g/mol. The summed E-state index contributed by atoms with van der Waals surface area (Å²) in [6.07, 6.45) is 2.91. The van der Waals surface area contributed by atoms with Crippen molar-refractivity contribution in [2.45, 2.75) is 19.8 Å². The number of sulfonamides is 1. The Morgan fingerprint density at radius 2 is 2.10 bits per heavy atom. The molecule has 1 amide bonds. The summed E-state index contributed by atoms with van der Waals surface area (Å²) in [5.41, 5.74) is 1.84. The Labute approximate surface area is 125 Å². The molecule has 6 nitrogen and oxygen atoms in total. The van der Waals surface area contributed by atoms with Crippen LogP contribution in [0, 0.1) is 12.8 Å². The lowest BCUT2D eigenvalue weighted by Gasteiger charge is -2.22. The van der Waals surface area contributed by atoms with Crippen molar-refractivity contribution in [1.82, 2.24) is 5.32 Å². The largest absolute Gasteiger partial charge is 0.324 e. The molecule has 1 aromatic carbocycles. The second-order valence-corrected chi connectivity index (χ2v) is 7.20. The fourth-order valence-electron chi connectivity index (χ4n) is 2.36. The van der Waals surface area contributed by atoms with Crippen LogP contribution < -0.4 is 15.4 Å². The van der Waals surface area contributed by atoms with E-state index in [9.17, 15) is 13.2 Å². The van der Waals surface area contributed by atoms with Crippen molar-refractivity contribution in [3.8, 4) is 0 Å². The molecule has 0 spiro atoms. The number of benzene rings is 1. The molecule has 1 fully saturated rings. The molecule has 0 radical (unpaired) electrons. The van der Waals surface area contributed by atoms with E-state index in [1.807, 2.05) is 6.92 Å². The van der Waals surface area contributed by atoms with E-state index in [1.165, 1.54) is 0 Å². The van der Waals surface area contributed by atoms with Crippen molar-refractivity contribution >= 4 is 27.3 Å². The van der Waals surface area contributed by atoms with Crippen LogP contribution in [0.1, 0.15) is 18.4 Å². The Bertz CT molecular complexity index is 622. The number of rotatable bonds is 4. The third kappa shape index (κ3) is 4.71. The minimum atomic E-state index is -3.39. The summed E-state index contributed by atoms with van der Waals surface area (Å²) >= 11 is 0. The van der Waals surface area contributed by atoms with Crippen molar-refractivity contribution in [2.75, 3.05) is 29.4 Å². The van der Waals surface area contributed by atoms with E-state index < -0.39 is 10.0 Å². The SMILES string of the molecule is Cc1ccc(NS(C)(=O)=O)c(NC(=O)C2CCCNC2)c1. The molecule has 0 aliphatic carbocycles. The third-order valence-electron chi connectivity index (χ3n) is 3.40. The number of amides is 1. The highest BCUT2D eigenvalue weighted by Crippen LogP contribution is 2.25. The third-order valence-corrected chi connectivity index (χ3v) is 3.99. The maximum absolute atomic E-state index is 12.3. The van der Waals surface area contributed by atoms with Crippen LogP contribution in [0.25, 0.3) is 0 Å². The molecule has 0 saturated carbocycles. The van der Waals surface area contributed by atoms with Gasteiger partial charge in [0.25, 0.3) is 0 Å². The monoisotopic (exact) mass is 311 g/mol. The van der Waals surface area contributed by atoms with E-state index in [4.69, 9.17) is 0 Å². The summed E-state index contributed by atoms with van der Waals surface area (Å²) in [4.78, 5) is 12.3. The van der Waals surface area contributed by atoms with Crippen LogP contribution in [0.2, 0.25) is 0 Å². The molecule has 116 valence electrons. The van der Waals surface area contributed by atoms with Gasteiger partial charge in [0.2, 0.25) is 15.9 Å². The van der Waals surface area contributed by atoms with Gasteiger partial charge in [0, 0.05) is 6.54 Å². The van der Waals surface area contributed by atoms with Gasteiger partial charge >= 0.3 is 0 Å². The number of hydrogen-bond acceptors (Lipinski definition) is 4. The number of aryl methyl sites for hydroxylation is 1. The fraction of sp³-hybridized carbons (Fsp3) is 0.500. The molecule has 2 rings (SSSR count). The fourth-order valence-corrected chi connectivity index (χ4v) is 2.94. The minimum Gasteiger partial charge on any atom is -0.324 e. The first-order valence-corrected chi connectivity index (χ1v) is 8.84. The lowest BCUT2D eigenvalue weighted by atomic mass is 9.98. The summed E-state index contributed by atoms with van der Waals surface area (Å²) in [5, 5.41) is 6.03. The van der Waals surface area contributed by atoms with E-state index in [2.05, 4.69) is 15.4 Å². The van der Waals surface area contributed by atoms with Gasteiger partial charge in [-0.2, -0.15) is 0 Å². The quantitative estimate of drug-likeness (QED) is 0.782. The summed E-state index contributed by atoms with van der Waals surface area (Å²) in [6, 6.07) is 5.22. The van der Waals surface area contributed by atoms with Crippen LogP contribution in [-0.2, 0) is 14.8 Å². The van der Waals surface area contributed by atoms with Crippen molar-refractivity contribution in [3.05, 3.63) is 23.8 Å². The van der Waals surface area contributed by atoms with Gasteiger partial charge in [-0.1, -0.05) is 6.07 Å². The molecule has 1 saturated heterocycles. The molecule has 1 atom stereocenters. The van der Waals surface area contributed by atoms with Crippen LogP contribution in [0.5, 0.6) is 0 Å². The van der Waals surface area contributed by atoms with E-state index in [0.29, 0.717) is 17.9 Å². The highest BCUT2D eigenvalue weighted by Gasteiger charge is 2.22. The lowest BCUT2D eigenvalue weighted by Crippen LogP contribution is -2.37. The van der Waals surface area contributed by atoms with Gasteiger partial charge in [0.1, 0.15) is 0 Å². The van der Waals surface area contributed by atoms with Crippen LogP contribution in [0.3, 0.4) is 0 Å². The number of carbonyl (C=O) groups excluding carboxylic acids is 1. The van der Waals surface area contributed by atoms with E-state index in [-0.39, 0.29) is 11.8 Å². The topological polar surface area (TPSA) is 87.3 Å². The molecule has 7 heteroatoms. The lowest BCUT2D eigenvalue weighted by molar-refractivity contribution is -0.120. The standard InChI is InChI=1S/C14H21N3O3S/c1-10-5-6-12(17-21(2,19)20)13(8-10)16-14(18)11-4-3-7-15-9-11/h5-6,8,11,15,17H,3-4,7,9H2,1-2H3,(H,16,18). The number of nitrogens with one attached hydrogen (secondary N) is 3. The molecular formula is C14H21N3O3S. The molecule has 3 N–H and O–H groups in total. The first-order chi connectivity index (χ1) is 9.85. The maximum atomic E-state index is 12.3. The van der Waals surface area contributed by atoms with Gasteiger partial charge in [-0.3, -0.25) is 9.52 Å². The summed E-state index contributed by atoms with van der Waals surface area (Å²) in [7, 11) is -3.39. The first kappa shape index (κ1) is 15.8. The Morgan fingerprint density at radius 1 is 1.33 bits per heavy atom. The smallest absolute Gasteiger partial charge is 0.229 e. The predicted molar refractivity (Wildman–Crippen MR) is 83.9 cm³/mol. The molecular weight excluding hydrogens is 290 g/mol. The van der Waals surface area contributed by atoms with Crippen molar-refractivity contribution in [3.63, 3.8) is 0 Å². The van der Waals surface area contributed by atoms with Gasteiger partial charge in [0.15, 0.2) is 0 Å². The van der Waals surface area contributed by atoms with Crippen molar-refractivity contribution < 1.29 is 13.2 Å². The minimum absolute atomic E-state index is 0.0784. The number of anilines is 2. The van der Waals surface area contributed by atoms with E-state index >= 15 is 0 Å². The Morgan fingerprint density at radius 3 is 2.71 bits per heavy atom. The summed E-state index contributed by atoms with van der Waals surface area (Å²) < 4.78 is 25.2. The number of carbonyl (C=O) groups is 1. The maximum Gasteiger partial charge on any atom is 0.229 e. The van der Waals surface area contributed by atoms with Gasteiger partial charge in [-0.05, 0) is 44.0 Å². The summed E-state index contributed by atoms with van der Waals surface area (Å²) in [5.74, 6) is -0.158. The van der Waals surface area contributed by atoms with Crippen molar-refractivity contribution in [2.24, 2.45) is 5.92 Å². The van der Waals surface area contributed by atoms with Gasteiger partial charge in [-0.25, -0.2) is 8.42 Å². The molecule has 0 bridgehead atoms. The Balaban J connectivity index is 2.17. The van der Waals surface area contributed by atoms with Crippen LogP contribution in [-0.4, -0.2) is 33.7 Å². The zero-order chi connectivity index (χ0) is 15.5. The van der Waals surface area contributed by atoms with Crippen LogP contribution in [0.4, 0.5) is 11.4 Å². The first-order valence-electron chi connectivity index (χ1n) is 6.95. The average Bonchev–Trinajstić information content (AvgIpc) is 2.41. The Hall–Kier alpha value is -1.60. The molecule has 0 aromatic heterocycles. The highest BCUT2D eigenvalue weighted by atomic mass is 32.2. The molecule has 21 heavy (non-hydrogen) atoms. The van der Waals surface area contributed by atoms with Gasteiger partial charge in [0.05, 0.1) is 23.5 Å². The van der Waals surface area contributed by atoms with Crippen LogP contribution >= 0.6 is 0 Å². The van der Waals surface area contributed by atoms with E-state index in [0.717, 1.165) is 31.2 Å². The zero-order valence-corrected chi connectivity index (χ0v) is 13.1. The predicted octanol–water partition coefficient (Wildman–Crippen LogP) is 1.30. The molecule has 1 unspecified atom stereocenters. The second-order valence-electron chi connectivity index (χ2n) is 5.46. The second kappa shape index (κ2) is 6.44. The molecule has 1 aliphatic rings. The Kier molecular flexibility index (Phi) is 4.84. The van der Waals surface area contributed by atoms with E-state index in [1.54, 1.807) is 18.2 Å². The van der Waals surface area contributed by atoms with Gasteiger partial charge < -0.3 is 10.6 Å². The molecule has 1 heterocycles. The van der Waals surface area contributed by atoms with Crippen molar-refractivity contribution in [1.29, 1.82) is 0 Å². The van der Waals surface area contributed by atoms with Gasteiger partial charge in [-0.15, -0.1) is 0 Å². The summed E-state index contributed by atoms with van der Waals surface area (Å²) in [6.45, 7) is 3.49. The molecule has 1 aliphatic heterocycles. The number of hydrogen-bond donors (Lipinski definition) is 3. The highest BCUT2D eigenvalue weighted by molar-refractivity contribution is 7.92.